The van der Waals surface area contributed by atoms with Crippen LogP contribution < -0.4 is 0 Å². The van der Waals surface area contributed by atoms with E-state index >= 15 is 0 Å². The lowest BCUT2D eigenvalue weighted by atomic mass is 9.67. The van der Waals surface area contributed by atoms with Crippen LogP contribution in [0, 0.1) is 57.2 Å². The van der Waals surface area contributed by atoms with Gasteiger partial charge in [0.1, 0.15) is 18.7 Å². The lowest BCUT2D eigenvalue weighted by Crippen LogP contribution is -2.46. The fourth-order valence-corrected chi connectivity index (χ4v) is 5.72. The molecule has 0 bridgehead atoms. The van der Waals surface area contributed by atoms with Crippen LogP contribution in [-0.2, 0) is 17.0 Å². The van der Waals surface area contributed by atoms with Crippen molar-refractivity contribution < 1.29 is 4.74 Å². The third-order valence-corrected chi connectivity index (χ3v) is 9.14. The molecule has 3 heterocycles. The van der Waals surface area contributed by atoms with Crippen molar-refractivity contribution in [3.05, 3.63) is 42.6 Å². The van der Waals surface area contributed by atoms with Gasteiger partial charge < -0.3 is 9.30 Å². The highest BCUT2D eigenvalue weighted by Gasteiger charge is 2.46. The lowest BCUT2D eigenvalue weighted by molar-refractivity contribution is 0.0882. The molecule has 11 heteroatoms. The summed E-state index contributed by atoms with van der Waals surface area (Å²) in [4.78, 5) is 8.97. The molecular weight excluding hydrogens is 518 g/mol. The van der Waals surface area contributed by atoms with Gasteiger partial charge >= 0.3 is 0 Å². The standard InChI is InChI=1S/C22H27N7OSi.C7H6N2/c1-31(2,3)9-8-30-16-28-7-4-19-20(25-15-26-21(19)28)18-13-27-29(14-18)22(5-6-23)10-17(11-22)12-24;8-2-1-6-3-7(4-6)5-9/h4,7,13-15,17H,5,8-11,16H2,1-3H3;1,7H,3-4H2. The predicted molar refractivity (Wildman–Crippen MR) is 151 cm³/mol. The van der Waals surface area contributed by atoms with Crippen molar-refractivity contribution in [3.63, 3.8) is 0 Å². The van der Waals surface area contributed by atoms with Gasteiger partial charge in [-0.05, 0) is 37.8 Å². The third-order valence-electron chi connectivity index (χ3n) is 7.44. The molecule has 0 aliphatic heterocycles. The Kier molecular flexibility index (Phi) is 8.80. The molecule has 3 aromatic rings. The Morgan fingerprint density at radius 2 is 1.85 bits per heavy atom. The molecule has 204 valence electrons. The van der Waals surface area contributed by atoms with Gasteiger partial charge in [-0.25, -0.2) is 9.97 Å². The minimum Gasteiger partial charge on any atom is -0.361 e. The Bertz CT molecular complexity index is 1540. The monoisotopic (exact) mass is 551 g/mol. The van der Waals surface area contributed by atoms with Crippen LogP contribution in [0.1, 0.15) is 32.1 Å². The van der Waals surface area contributed by atoms with E-state index in [0.717, 1.165) is 53.4 Å². The summed E-state index contributed by atoms with van der Waals surface area (Å²) in [5.41, 5.74) is 3.23. The Balaban J connectivity index is 0.000000350. The van der Waals surface area contributed by atoms with E-state index < -0.39 is 13.6 Å². The molecule has 0 atom stereocenters. The van der Waals surface area contributed by atoms with E-state index in [2.05, 4.69) is 52.9 Å². The topological polar surface area (TPSA) is 153 Å². The van der Waals surface area contributed by atoms with Gasteiger partial charge in [-0.2, -0.15) is 26.1 Å². The minimum absolute atomic E-state index is 0.0123. The van der Waals surface area contributed by atoms with E-state index in [1.165, 1.54) is 6.08 Å². The van der Waals surface area contributed by atoms with Gasteiger partial charge in [0.15, 0.2) is 0 Å². The van der Waals surface area contributed by atoms with Gasteiger partial charge in [0, 0.05) is 44.1 Å². The molecular formula is C29H33N9OSi. The molecule has 0 radical (unpaired) electrons. The second kappa shape index (κ2) is 12.3. The Morgan fingerprint density at radius 1 is 1.10 bits per heavy atom. The van der Waals surface area contributed by atoms with E-state index in [0.29, 0.717) is 26.0 Å². The number of aromatic nitrogens is 5. The number of allylic oxidation sites excluding steroid dienone is 2. The maximum atomic E-state index is 9.28. The molecule has 5 rings (SSSR count). The number of ether oxygens (including phenoxy) is 1. The van der Waals surface area contributed by atoms with Crippen LogP contribution in [0.15, 0.2) is 42.6 Å². The summed E-state index contributed by atoms with van der Waals surface area (Å²) in [7, 11) is -1.12. The molecule has 0 saturated heterocycles. The zero-order chi connectivity index (χ0) is 28.8. The summed E-state index contributed by atoms with van der Waals surface area (Å²) >= 11 is 0. The minimum atomic E-state index is -1.12. The summed E-state index contributed by atoms with van der Waals surface area (Å²) in [6.07, 6.45) is 12.1. The highest BCUT2D eigenvalue weighted by molar-refractivity contribution is 6.76. The van der Waals surface area contributed by atoms with E-state index in [9.17, 15) is 5.26 Å². The molecule has 2 aliphatic rings. The second-order valence-corrected chi connectivity index (χ2v) is 17.3. The third kappa shape index (κ3) is 6.46. The number of hydrogen-bond acceptors (Lipinski definition) is 8. The molecule has 2 saturated carbocycles. The molecule has 0 unspecified atom stereocenters. The molecule has 0 amide bonds. The largest absolute Gasteiger partial charge is 0.361 e. The molecule has 2 fully saturated rings. The number of nitrogens with zero attached hydrogens (tertiary/aromatic N) is 9. The van der Waals surface area contributed by atoms with Crippen LogP contribution in [0.2, 0.25) is 25.7 Å². The number of hydrogen-bond donors (Lipinski definition) is 0. The summed E-state index contributed by atoms with van der Waals surface area (Å²) in [6.45, 7) is 8.24. The van der Waals surface area contributed by atoms with Crippen LogP contribution in [0.3, 0.4) is 0 Å². The van der Waals surface area contributed by atoms with Crippen molar-refractivity contribution in [3.8, 4) is 35.5 Å². The molecule has 2 aliphatic carbocycles. The Morgan fingerprint density at radius 3 is 2.50 bits per heavy atom. The van der Waals surface area contributed by atoms with Gasteiger partial charge in [0.2, 0.25) is 0 Å². The first-order chi connectivity index (χ1) is 19.2. The first kappa shape index (κ1) is 28.7. The fraction of sp³-hybridized carbons (Fsp3) is 0.483. The van der Waals surface area contributed by atoms with Gasteiger partial charge in [0.05, 0.1) is 60.0 Å². The molecule has 40 heavy (non-hydrogen) atoms. The average Bonchev–Trinajstić information content (AvgIpc) is 3.53. The highest BCUT2D eigenvalue weighted by Crippen LogP contribution is 2.46. The van der Waals surface area contributed by atoms with Crippen LogP contribution in [-0.4, -0.2) is 39.0 Å². The van der Waals surface area contributed by atoms with Crippen molar-refractivity contribution in [1.29, 1.82) is 21.0 Å². The van der Waals surface area contributed by atoms with Gasteiger partial charge in [0.25, 0.3) is 0 Å². The van der Waals surface area contributed by atoms with Crippen molar-refractivity contribution >= 4 is 19.1 Å². The zero-order valence-corrected chi connectivity index (χ0v) is 24.2. The van der Waals surface area contributed by atoms with Crippen molar-refractivity contribution in [2.75, 3.05) is 6.61 Å². The summed E-state index contributed by atoms with van der Waals surface area (Å²) < 4.78 is 9.74. The summed E-state index contributed by atoms with van der Waals surface area (Å²) in [5.74, 6) is 0.173. The van der Waals surface area contributed by atoms with Gasteiger partial charge in [-0.15, -0.1) is 0 Å². The van der Waals surface area contributed by atoms with Crippen molar-refractivity contribution in [1.82, 2.24) is 24.3 Å². The summed E-state index contributed by atoms with van der Waals surface area (Å²) in [6, 6.07) is 11.8. The molecule has 3 aromatic heterocycles. The van der Waals surface area contributed by atoms with Gasteiger partial charge in [-0.3, -0.25) is 4.68 Å². The van der Waals surface area contributed by atoms with Crippen LogP contribution in [0.25, 0.3) is 22.3 Å². The Labute approximate surface area is 235 Å². The van der Waals surface area contributed by atoms with Crippen LogP contribution in [0.4, 0.5) is 0 Å². The Hall–Kier alpha value is -4.29. The number of nitriles is 4. The number of fused-ring (bicyclic) bond motifs is 1. The van der Waals surface area contributed by atoms with Crippen molar-refractivity contribution in [2.45, 2.75) is 70.1 Å². The molecule has 0 spiro atoms. The van der Waals surface area contributed by atoms with Crippen LogP contribution >= 0.6 is 0 Å². The van der Waals surface area contributed by atoms with E-state index in [-0.39, 0.29) is 11.8 Å². The normalized spacial score (nSPS) is 21.4. The molecule has 10 nitrogen and oxygen atoms in total. The van der Waals surface area contributed by atoms with E-state index in [1.807, 2.05) is 33.8 Å². The maximum Gasteiger partial charge on any atom is 0.145 e. The molecule has 0 N–H and O–H groups in total. The first-order valence-corrected chi connectivity index (χ1v) is 17.1. The predicted octanol–water partition coefficient (Wildman–Crippen LogP) is 5.52. The fourth-order valence-electron chi connectivity index (χ4n) is 4.97. The first-order valence-electron chi connectivity index (χ1n) is 13.4. The average molecular weight is 552 g/mol. The zero-order valence-electron chi connectivity index (χ0n) is 23.2. The lowest BCUT2D eigenvalue weighted by Gasteiger charge is -2.43. The van der Waals surface area contributed by atoms with Gasteiger partial charge in [-0.1, -0.05) is 25.2 Å². The molecule has 0 aromatic carbocycles. The summed E-state index contributed by atoms with van der Waals surface area (Å²) in [5, 5.41) is 40.4. The quantitative estimate of drug-likeness (QED) is 0.201. The number of rotatable bonds is 8. The second-order valence-electron chi connectivity index (χ2n) is 11.7. The maximum absolute atomic E-state index is 9.28. The van der Waals surface area contributed by atoms with E-state index in [4.69, 9.17) is 20.5 Å². The van der Waals surface area contributed by atoms with E-state index in [1.54, 1.807) is 12.5 Å². The van der Waals surface area contributed by atoms with Crippen molar-refractivity contribution in [2.24, 2.45) is 11.8 Å². The highest BCUT2D eigenvalue weighted by atomic mass is 28.3. The smallest absolute Gasteiger partial charge is 0.145 e. The SMILES string of the molecule is C[Si](C)(C)CCOCn1ccc2c(-c3cnn(C4(CC#N)CC(C#N)C4)c3)ncnc21.N#CC=C1CC(C#N)C1. The van der Waals surface area contributed by atoms with Crippen LogP contribution in [0.5, 0.6) is 0 Å².